The SMILES string of the molecule is CCCC=C(C)[S]. The Hall–Kier alpha value is -0.0400. The largest absolute Gasteiger partial charge is 0.0856 e. The fraction of sp³-hybridized carbons (Fsp3) is 0.667. The molecule has 0 spiro atoms. The average Bonchev–Trinajstić information content (AvgIpc) is 1.61. The minimum Gasteiger partial charge on any atom is -0.0856 e. The predicted octanol–water partition coefficient (Wildman–Crippen LogP) is 2.89. The summed E-state index contributed by atoms with van der Waals surface area (Å²) in [7, 11) is 0. The molecule has 0 fully saturated rings. The highest BCUT2D eigenvalue weighted by Crippen LogP contribution is 1.99. The maximum absolute atomic E-state index is 4.81. The van der Waals surface area contributed by atoms with Gasteiger partial charge in [-0.3, -0.25) is 0 Å². The summed E-state index contributed by atoms with van der Waals surface area (Å²) >= 11 is 4.81. The van der Waals surface area contributed by atoms with Crippen LogP contribution >= 0.6 is 12.6 Å². The maximum atomic E-state index is 4.81. The van der Waals surface area contributed by atoms with Crippen LogP contribution in [0.2, 0.25) is 0 Å². The first-order chi connectivity index (χ1) is 3.27. The lowest BCUT2D eigenvalue weighted by Crippen LogP contribution is -1.61. The molecule has 0 saturated carbocycles. The van der Waals surface area contributed by atoms with E-state index in [-0.39, 0.29) is 0 Å². The lowest BCUT2D eigenvalue weighted by molar-refractivity contribution is 0.956. The second-order valence-electron chi connectivity index (χ2n) is 1.60. The first-order valence-electron chi connectivity index (χ1n) is 2.61. The summed E-state index contributed by atoms with van der Waals surface area (Å²) in [4.78, 5) is 1.02. The molecular formula is C6H11S. The third-order valence-electron chi connectivity index (χ3n) is 0.720. The van der Waals surface area contributed by atoms with Gasteiger partial charge in [0, 0.05) is 4.91 Å². The molecule has 41 valence electrons. The molecule has 0 aromatic heterocycles. The standard InChI is InChI=1S/C6H11S/c1-3-4-5-6(2)7/h5H,3-4H2,1-2H3. The minimum atomic E-state index is 1.02. The number of rotatable bonds is 2. The van der Waals surface area contributed by atoms with Crippen LogP contribution in [0.3, 0.4) is 0 Å². The molecule has 7 heavy (non-hydrogen) atoms. The van der Waals surface area contributed by atoms with Gasteiger partial charge in [0.2, 0.25) is 0 Å². The Bertz CT molecular complexity index is 60.6. The van der Waals surface area contributed by atoms with Crippen LogP contribution in [-0.4, -0.2) is 0 Å². The summed E-state index contributed by atoms with van der Waals surface area (Å²) in [5.41, 5.74) is 0. The van der Waals surface area contributed by atoms with E-state index in [1.807, 2.05) is 6.92 Å². The molecule has 0 aromatic carbocycles. The summed E-state index contributed by atoms with van der Waals surface area (Å²) in [6, 6.07) is 0. The van der Waals surface area contributed by atoms with Gasteiger partial charge in [0.05, 0.1) is 0 Å². The molecule has 0 aliphatic carbocycles. The van der Waals surface area contributed by atoms with Crippen LogP contribution in [0.1, 0.15) is 26.7 Å². The molecule has 0 unspecified atom stereocenters. The van der Waals surface area contributed by atoms with E-state index in [4.69, 9.17) is 12.6 Å². The first kappa shape index (κ1) is 6.96. The van der Waals surface area contributed by atoms with Gasteiger partial charge in [0.15, 0.2) is 0 Å². The van der Waals surface area contributed by atoms with Crippen molar-refractivity contribution in [1.29, 1.82) is 0 Å². The second kappa shape index (κ2) is 4.13. The third kappa shape index (κ3) is 5.96. The van der Waals surface area contributed by atoms with Gasteiger partial charge in [-0.25, -0.2) is 0 Å². The van der Waals surface area contributed by atoms with Gasteiger partial charge in [-0.2, -0.15) is 0 Å². The molecule has 0 aromatic rings. The van der Waals surface area contributed by atoms with Gasteiger partial charge in [-0.05, 0) is 13.3 Å². The lowest BCUT2D eigenvalue weighted by atomic mass is 10.3. The van der Waals surface area contributed by atoms with Crippen LogP contribution in [0, 0.1) is 0 Å². The van der Waals surface area contributed by atoms with E-state index in [1.165, 1.54) is 6.42 Å². The van der Waals surface area contributed by atoms with Crippen molar-refractivity contribution in [3.05, 3.63) is 11.0 Å². The minimum absolute atomic E-state index is 1.02. The van der Waals surface area contributed by atoms with E-state index >= 15 is 0 Å². The van der Waals surface area contributed by atoms with E-state index in [0.717, 1.165) is 11.3 Å². The quantitative estimate of drug-likeness (QED) is 0.519. The summed E-state index contributed by atoms with van der Waals surface area (Å²) in [6.45, 7) is 4.10. The van der Waals surface area contributed by atoms with E-state index in [2.05, 4.69) is 13.0 Å². The van der Waals surface area contributed by atoms with Crippen molar-refractivity contribution < 1.29 is 0 Å². The highest BCUT2D eigenvalue weighted by Gasteiger charge is 1.75. The van der Waals surface area contributed by atoms with Crippen molar-refractivity contribution in [2.24, 2.45) is 0 Å². The Kier molecular flexibility index (Phi) is 4.10. The third-order valence-corrected chi connectivity index (χ3v) is 0.887. The molecule has 0 saturated heterocycles. The molecule has 0 amide bonds. The topological polar surface area (TPSA) is 0 Å². The molecule has 1 heteroatoms. The van der Waals surface area contributed by atoms with E-state index in [0.29, 0.717) is 0 Å². The van der Waals surface area contributed by atoms with Crippen molar-refractivity contribution in [1.82, 2.24) is 0 Å². The highest BCUT2D eigenvalue weighted by atomic mass is 32.1. The zero-order chi connectivity index (χ0) is 5.70. The molecular weight excluding hydrogens is 104 g/mol. The monoisotopic (exact) mass is 115 g/mol. The van der Waals surface area contributed by atoms with E-state index < -0.39 is 0 Å². The summed E-state index contributed by atoms with van der Waals surface area (Å²) < 4.78 is 0. The molecule has 0 heterocycles. The number of unbranched alkanes of at least 4 members (excludes halogenated alkanes) is 1. The van der Waals surface area contributed by atoms with Crippen LogP contribution in [0.5, 0.6) is 0 Å². The Morgan fingerprint density at radius 2 is 2.29 bits per heavy atom. The van der Waals surface area contributed by atoms with Gasteiger partial charge < -0.3 is 0 Å². The van der Waals surface area contributed by atoms with Gasteiger partial charge in [-0.15, -0.1) is 0 Å². The van der Waals surface area contributed by atoms with Crippen molar-refractivity contribution in [2.75, 3.05) is 0 Å². The van der Waals surface area contributed by atoms with E-state index in [1.54, 1.807) is 0 Å². The zero-order valence-electron chi connectivity index (χ0n) is 4.90. The van der Waals surface area contributed by atoms with Crippen LogP contribution in [-0.2, 0) is 0 Å². The number of hydrogen-bond acceptors (Lipinski definition) is 0. The smallest absolute Gasteiger partial charge is 0.00809 e. The van der Waals surface area contributed by atoms with Crippen LogP contribution in [0.15, 0.2) is 11.0 Å². The van der Waals surface area contributed by atoms with Crippen molar-refractivity contribution in [2.45, 2.75) is 26.7 Å². The van der Waals surface area contributed by atoms with Gasteiger partial charge in [0.1, 0.15) is 0 Å². The second-order valence-corrected chi connectivity index (χ2v) is 2.25. The van der Waals surface area contributed by atoms with Gasteiger partial charge in [0.25, 0.3) is 0 Å². The molecule has 0 bridgehead atoms. The Balaban J connectivity index is 3.08. The fourth-order valence-electron chi connectivity index (χ4n) is 0.348. The molecule has 0 rings (SSSR count). The molecule has 0 nitrogen and oxygen atoms in total. The number of allylic oxidation sites excluding steroid dienone is 2. The molecule has 0 aliphatic heterocycles. The molecule has 1 radical (unpaired) electrons. The lowest BCUT2D eigenvalue weighted by Gasteiger charge is -1.82. The fourth-order valence-corrected chi connectivity index (χ4v) is 0.465. The molecule has 0 N–H and O–H groups in total. The van der Waals surface area contributed by atoms with E-state index in [9.17, 15) is 0 Å². The van der Waals surface area contributed by atoms with Crippen molar-refractivity contribution in [3.8, 4) is 0 Å². The first-order valence-corrected chi connectivity index (χ1v) is 3.02. The highest BCUT2D eigenvalue weighted by molar-refractivity contribution is 7.84. The normalized spacial score (nSPS) is 12.0. The van der Waals surface area contributed by atoms with Crippen molar-refractivity contribution in [3.63, 3.8) is 0 Å². The number of hydrogen-bond donors (Lipinski definition) is 0. The van der Waals surface area contributed by atoms with Crippen LogP contribution < -0.4 is 0 Å². The predicted molar refractivity (Wildman–Crippen MR) is 36.3 cm³/mol. The summed E-state index contributed by atoms with van der Waals surface area (Å²) in [5.74, 6) is 0. The average molecular weight is 115 g/mol. The maximum Gasteiger partial charge on any atom is 0.00809 e. The zero-order valence-corrected chi connectivity index (χ0v) is 5.72. The molecule has 0 atom stereocenters. The summed E-state index contributed by atoms with van der Waals surface area (Å²) in [6.07, 6.45) is 4.42. The Labute approximate surface area is 51.0 Å². The van der Waals surface area contributed by atoms with Crippen LogP contribution in [0.4, 0.5) is 0 Å². The van der Waals surface area contributed by atoms with Crippen LogP contribution in [0.25, 0.3) is 0 Å². The Morgan fingerprint density at radius 3 is 2.43 bits per heavy atom. The van der Waals surface area contributed by atoms with Crippen molar-refractivity contribution >= 4 is 12.6 Å². The Morgan fingerprint density at radius 1 is 1.71 bits per heavy atom. The van der Waals surface area contributed by atoms with Gasteiger partial charge in [-0.1, -0.05) is 32.0 Å². The van der Waals surface area contributed by atoms with Gasteiger partial charge >= 0.3 is 0 Å². The molecule has 0 aliphatic rings. The summed E-state index contributed by atoms with van der Waals surface area (Å²) in [5, 5.41) is 0.